The van der Waals surface area contributed by atoms with Crippen molar-refractivity contribution in [2.24, 2.45) is 5.10 Å². The van der Waals surface area contributed by atoms with Gasteiger partial charge in [0.15, 0.2) is 0 Å². The highest BCUT2D eigenvalue weighted by Gasteiger charge is 2.07. The van der Waals surface area contributed by atoms with E-state index in [2.05, 4.69) is 15.3 Å². The fraction of sp³-hybridized carbons (Fsp3) is 0.286. The van der Waals surface area contributed by atoms with Gasteiger partial charge in [0.25, 0.3) is 5.56 Å². The molecule has 0 radical (unpaired) electrons. The largest absolute Gasteiger partial charge is 0.494 e. The molecule has 1 heterocycles. The van der Waals surface area contributed by atoms with Gasteiger partial charge in [-0.1, -0.05) is 23.9 Å². The molecule has 0 atom stereocenters. The average molecular weight is 304 g/mol. The quantitative estimate of drug-likeness (QED) is 0.624. The number of rotatable bonds is 5. The van der Waals surface area contributed by atoms with E-state index in [1.54, 1.807) is 13.1 Å². The van der Waals surface area contributed by atoms with Crippen LogP contribution in [0.5, 0.6) is 5.75 Å². The van der Waals surface area contributed by atoms with E-state index in [9.17, 15) is 4.79 Å². The Bertz CT molecular complexity index is 712. The third-order valence-electron chi connectivity index (χ3n) is 2.64. The van der Waals surface area contributed by atoms with Crippen molar-refractivity contribution in [3.8, 4) is 5.75 Å². The van der Waals surface area contributed by atoms with Crippen molar-refractivity contribution >= 4 is 18.0 Å². The van der Waals surface area contributed by atoms with Gasteiger partial charge in [-0.25, -0.2) is 0 Å². The molecule has 1 aromatic carbocycles. The maximum Gasteiger partial charge on any atom is 0.296 e. The third kappa shape index (κ3) is 3.69. The summed E-state index contributed by atoms with van der Waals surface area (Å²) in [7, 11) is 0. The van der Waals surface area contributed by atoms with Gasteiger partial charge in [-0.3, -0.25) is 4.79 Å². The molecular weight excluding hydrogens is 288 g/mol. The van der Waals surface area contributed by atoms with Crippen molar-refractivity contribution in [2.45, 2.75) is 19.0 Å². The first-order chi connectivity index (χ1) is 10.2. The van der Waals surface area contributed by atoms with Crippen LogP contribution in [0.4, 0.5) is 0 Å². The summed E-state index contributed by atoms with van der Waals surface area (Å²) in [4.78, 5) is 12.0. The molecule has 0 saturated heterocycles. The minimum absolute atomic E-state index is 0.272. The number of nitrogens with zero attached hydrogens (tertiary/aromatic N) is 4. The van der Waals surface area contributed by atoms with Crippen molar-refractivity contribution < 1.29 is 4.74 Å². The fourth-order valence-electron chi connectivity index (χ4n) is 1.65. The number of ether oxygens (including phenoxy) is 1. The lowest BCUT2D eigenvalue weighted by molar-refractivity contribution is 0.340. The van der Waals surface area contributed by atoms with Crippen molar-refractivity contribution in [1.29, 1.82) is 0 Å². The van der Waals surface area contributed by atoms with Gasteiger partial charge in [0.05, 0.1) is 12.8 Å². The monoisotopic (exact) mass is 304 g/mol. The van der Waals surface area contributed by atoms with Crippen molar-refractivity contribution in [2.75, 3.05) is 12.9 Å². The van der Waals surface area contributed by atoms with E-state index < -0.39 is 0 Å². The molecule has 0 saturated carbocycles. The zero-order valence-electron chi connectivity index (χ0n) is 12.1. The third-order valence-corrected chi connectivity index (χ3v) is 3.26. The number of aromatic nitrogens is 3. The second-order valence-corrected chi connectivity index (χ2v) is 4.91. The summed E-state index contributed by atoms with van der Waals surface area (Å²) in [6, 6.07) is 7.49. The molecule has 21 heavy (non-hydrogen) atoms. The Labute approximate surface area is 126 Å². The molecule has 0 unspecified atom stereocenters. The van der Waals surface area contributed by atoms with Gasteiger partial charge in [0, 0.05) is 0 Å². The molecule has 0 N–H and O–H groups in total. The first kappa shape index (κ1) is 15.2. The highest BCUT2D eigenvalue weighted by Crippen LogP contribution is 2.12. The van der Waals surface area contributed by atoms with Gasteiger partial charge in [-0.2, -0.15) is 9.78 Å². The summed E-state index contributed by atoms with van der Waals surface area (Å²) in [6.45, 7) is 4.14. The van der Waals surface area contributed by atoms with E-state index >= 15 is 0 Å². The van der Waals surface area contributed by atoms with E-state index in [0.717, 1.165) is 11.3 Å². The summed E-state index contributed by atoms with van der Waals surface area (Å²) in [5.41, 5.74) is 0.883. The first-order valence-corrected chi connectivity index (χ1v) is 7.65. The van der Waals surface area contributed by atoms with Crippen LogP contribution in [0.15, 0.2) is 39.3 Å². The number of hydrogen-bond acceptors (Lipinski definition) is 6. The Morgan fingerprint density at radius 2 is 2.24 bits per heavy atom. The molecule has 110 valence electrons. The van der Waals surface area contributed by atoms with Crippen LogP contribution in [0.2, 0.25) is 0 Å². The van der Waals surface area contributed by atoms with Crippen LogP contribution in [-0.2, 0) is 0 Å². The van der Waals surface area contributed by atoms with E-state index in [4.69, 9.17) is 4.74 Å². The van der Waals surface area contributed by atoms with Gasteiger partial charge < -0.3 is 4.74 Å². The summed E-state index contributed by atoms with van der Waals surface area (Å²) in [5, 5.41) is 12.4. The smallest absolute Gasteiger partial charge is 0.296 e. The van der Waals surface area contributed by atoms with Gasteiger partial charge in [-0.05, 0) is 37.8 Å². The number of benzene rings is 1. The Hall–Kier alpha value is -2.15. The van der Waals surface area contributed by atoms with Crippen LogP contribution in [0, 0.1) is 6.92 Å². The summed E-state index contributed by atoms with van der Waals surface area (Å²) in [6.07, 6.45) is 3.42. The highest BCUT2D eigenvalue weighted by molar-refractivity contribution is 7.98. The molecule has 6 nitrogen and oxygen atoms in total. The molecule has 0 aliphatic rings. The molecule has 0 aliphatic carbocycles. The Balaban J connectivity index is 2.35. The maximum atomic E-state index is 12.0. The van der Waals surface area contributed by atoms with Gasteiger partial charge >= 0.3 is 0 Å². The zero-order chi connectivity index (χ0) is 15.2. The minimum Gasteiger partial charge on any atom is -0.494 e. The van der Waals surface area contributed by atoms with Crippen LogP contribution in [-0.4, -0.2) is 34.0 Å². The second-order valence-electron chi connectivity index (χ2n) is 4.14. The predicted molar refractivity (Wildman–Crippen MR) is 83.4 cm³/mol. The van der Waals surface area contributed by atoms with Crippen LogP contribution in [0.1, 0.15) is 18.2 Å². The van der Waals surface area contributed by atoms with Crippen LogP contribution >= 0.6 is 11.8 Å². The predicted octanol–water partition coefficient (Wildman–Crippen LogP) is 1.95. The van der Waals surface area contributed by atoms with E-state index in [0.29, 0.717) is 17.5 Å². The molecule has 0 amide bonds. The summed E-state index contributed by atoms with van der Waals surface area (Å²) < 4.78 is 6.68. The number of thioether (sulfide) groups is 1. The van der Waals surface area contributed by atoms with Crippen molar-refractivity contribution in [1.82, 2.24) is 14.9 Å². The van der Waals surface area contributed by atoms with Gasteiger partial charge in [-0.15, -0.1) is 10.2 Å². The SMILES string of the molecule is CCOc1cccc(/C=N\n2c(SC)nnc(C)c2=O)c1. The zero-order valence-corrected chi connectivity index (χ0v) is 12.9. The lowest BCUT2D eigenvalue weighted by atomic mass is 10.2. The Kier molecular flexibility index (Phi) is 5.10. The maximum absolute atomic E-state index is 12.0. The fourth-order valence-corrected chi connectivity index (χ4v) is 2.07. The molecule has 0 aliphatic heterocycles. The van der Waals surface area contributed by atoms with Gasteiger partial charge in [0.2, 0.25) is 5.16 Å². The Morgan fingerprint density at radius 3 is 2.95 bits per heavy atom. The average Bonchev–Trinajstić information content (AvgIpc) is 2.49. The van der Waals surface area contributed by atoms with Crippen molar-refractivity contribution in [3.05, 3.63) is 45.9 Å². The Morgan fingerprint density at radius 1 is 1.43 bits per heavy atom. The van der Waals surface area contributed by atoms with E-state index in [-0.39, 0.29) is 5.56 Å². The molecule has 2 aromatic rings. The van der Waals surface area contributed by atoms with Gasteiger partial charge in [0.1, 0.15) is 11.4 Å². The second kappa shape index (κ2) is 7.03. The summed E-state index contributed by atoms with van der Waals surface area (Å²) >= 11 is 1.32. The molecule has 0 fully saturated rings. The number of aryl methyl sites for hydroxylation is 1. The van der Waals surface area contributed by atoms with Crippen molar-refractivity contribution in [3.63, 3.8) is 0 Å². The molecule has 7 heteroatoms. The first-order valence-electron chi connectivity index (χ1n) is 6.43. The summed E-state index contributed by atoms with van der Waals surface area (Å²) in [5.74, 6) is 0.767. The minimum atomic E-state index is -0.272. The number of hydrogen-bond donors (Lipinski definition) is 0. The molecule has 0 spiro atoms. The molecule has 2 rings (SSSR count). The lowest BCUT2D eigenvalue weighted by Crippen LogP contribution is -2.23. The van der Waals surface area contributed by atoms with Crippen LogP contribution in [0.25, 0.3) is 0 Å². The molecule has 1 aromatic heterocycles. The van der Waals surface area contributed by atoms with Crippen LogP contribution < -0.4 is 10.3 Å². The standard InChI is InChI=1S/C14H16N4O2S/c1-4-20-12-7-5-6-11(8-12)9-15-18-13(19)10(2)16-17-14(18)21-3/h5-9H,4H2,1-3H3/b15-9-. The van der Waals surface area contributed by atoms with E-state index in [1.807, 2.05) is 37.4 Å². The highest BCUT2D eigenvalue weighted by atomic mass is 32.2. The molecular formula is C14H16N4O2S. The normalized spacial score (nSPS) is 11.0. The van der Waals surface area contributed by atoms with E-state index in [1.165, 1.54) is 16.4 Å². The van der Waals surface area contributed by atoms with Crippen LogP contribution in [0.3, 0.4) is 0 Å². The lowest BCUT2D eigenvalue weighted by Gasteiger charge is -2.05. The topological polar surface area (TPSA) is 69.4 Å². The molecule has 0 bridgehead atoms.